The summed E-state index contributed by atoms with van der Waals surface area (Å²) in [6.45, 7) is 2.10. The molecule has 0 saturated heterocycles. The van der Waals surface area contributed by atoms with E-state index in [-0.39, 0.29) is 29.1 Å². The summed E-state index contributed by atoms with van der Waals surface area (Å²) in [5.41, 5.74) is 1.40. The zero-order valence-corrected chi connectivity index (χ0v) is 15.7. The average molecular weight is 381 g/mol. The average Bonchev–Trinajstić information content (AvgIpc) is 2.58. The summed E-state index contributed by atoms with van der Waals surface area (Å²) in [7, 11) is -3.64. The maximum atomic E-state index is 12.3. The molecule has 134 valence electrons. The third-order valence-electron chi connectivity index (χ3n) is 3.78. The lowest BCUT2D eigenvalue weighted by molar-refractivity contribution is -0.119. The number of carbonyl (C=O) groups is 1. The maximum Gasteiger partial charge on any atom is 0.240 e. The zero-order valence-electron chi connectivity index (χ0n) is 14.1. The Morgan fingerprint density at radius 3 is 2.32 bits per heavy atom. The van der Waals surface area contributed by atoms with E-state index in [0.717, 1.165) is 16.1 Å². The largest absolute Gasteiger partial charge is 0.354 e. The summed E-state index contributed by atoms with van der Waals surface area (Å²) in [5.74, 6) is -0.259. The number of nitrogens with one attached hydrogen (secondary N) is 1. The summed E-state index contributed by atoms with van der Waals surface area (Å²) in [6, 6.07) is 16.3. The Morgan fingerprint density at radius 1 is 1.12 bits per heavy atom. The number of nitrogens with zero attached hydrogens (tertiary/aromatic N) is 1. The molecule has 0 fully saturated rings. The Bertz CT molecular complexity index is 825. The first-order valence-corrected chi connectivity index (χ1v) is 10.1. The molecule has 5 nitrogen and oxygen atoms in total. The Morgan fingerprint density at radius 2 is 1.72 bits per heavy atom. The van der Waals surface area contributed by atoms with Crippen LogP contribution in [0.4, 0.5) is 5.69 Å². The van der Waals surface area contributed by atoms with Crippen molar-refractivity contribution in [2.45, 2.75) is 12.8 Å². The van der Waals surface area contributed by atoms with Gasteiger partial charge in [0, 0.05) is 6.54 Å². The second-order valence-electron chi connectivity index (χ2n) is 5.84. The summed E-state index contributed by atoms with van der Waals surface area (Å²) in [6.07, 6.45) is 1.05. The second kappa shape index (κ2) is 8.36. The lowest BCUT2D eigenvalue weighted by atomic mass is 10.0. The van der Waals surface area contributed by atoms with Gasteiger partial charge < -0.3 is 5.32 Å². The first kappa shape index (κ1) is 19.3. The van der Waals surface area contributed by atoms with Crippen molar-refractivity contribution >= 4 is 33.2 Å². The molecular formula is C18H21ClN2O3S. The fraction of sp³-hybridized carbons (Fsp3) is 0.278. The Labute approximate surface area is 153 Å². The summed E-state index contributed by atoms with van der Waals surface area (Å²) in [4.78, 5) is 12.3. The van der Waals surface area contributed by atoms with Crippen molar-refractivity contribution in [2.24, 2.45) is 0 Å². The Kier molecular flexibility index (Phi) is 6.45. The molecule has 0 heterocycles. The Hall–Kier alpha value is -2.05. The van der Waals surface area contributed by atoms with Crippen LogP contribution >= 0.6 is 11.6 Å². The number of carbonyl (C=O) groups excluding carboxylic acids is 1. The minimum Gasteiger partial charge on any atom is -0.354 e. The van der Waals surface area contributed by atoms with Crippen LogP contribution in [0.1, 0.15) is 18.4 Å². The van der Waals surface area contributed by atoms with Gasteiger partial charge in [0.2, 0.25) is 15.9 Å². The SMILES string of the molecule is C[C@H](CNC(=O)CN(c1ccccc1Cl)S(C)(=O)=O)c1ccccc1. The predicted octanol–water partition coefficient (Wildman–Crippen LogP) is 3.03. The van der Waals surface area contributed by atoms with Crippen molar-refractivity contribution in [3.63, 3.8) is 0 Å². The number of halogens is 1. The number of para-hydroxylation sites is 1. The molecule has 2 rings (SSSR count). The molecular weight excluding hydrogens is 360 g/mol. The fourth-order valence-electron chi connectivity index (χ4n) is 2.39. The van der Waals surface area contributed by atoms with Crippen molar-refractivity contribution in [1.82, 2.24) is 5.32 Å². The van der Waals surface area contributed by atoms with Crippen LogP contribution in [0.2, 0.25) is 5.02 Å². The summed E-state index contributed by atoms with van der Waals surface area (Å²) >= 11 is 6.08. The molecule has 0 aliphatic rings. The van der Waals surface area contributed by atoms with E-state index in [1.165, 1.54) is 0 Å². The second-order valence-corrected chi connectivity index (χ2v) is 8.15. The van der Waals surface area contributed by atoms with Crippen molar-refractivity contribution in [1.29, 1.82) is 0 Å². The van der Waals surface area contributed by atoms with Crippen LogP contribution in [0.3, 0.4) is 0 Å². The molecule has 0 aliphatic heterocycles. The molecule has 0 bridgehead atoms. The molecule has 2 aromatic rings. The van der Waals surface area contributed by atoms with Gasteiger partial charge in [-0.1, -0.05) is 61.0 Å². The van der Waals surface area contributed by atoms with E-state index < -0.39 is 10.0 Å². The number of amides is 1. The van der Waals surface area contributed by atoms with Gasteiger partial charge in [0.05, 0.1) is 17.0 Å². The number of hydrogen-bond donors (Lipinski definition) is 1. The van der Waals surface area contributed by atoms with E-state index >= 15 is 0 Å². The third kappa shape index (κ3) is 5.47. The first-order valence-electron chi connectivity index (χ1n) is 7.83. The van der Waals surface area contributed by atoms with Gasteiger partial charge in [-0.15, -0.1) is 0 Å². The molecule has 0 radical (unpaired) electrons. The van der Waals surface area contributed by atoms with Gasteiger partial charge in [-0.05, 0) is 23.6 Å². The van der Waals surface area contributed by atoms with E-state index in [0.29, 0.717) is 6.54 Å². The van der Waals surface area contributed by atoms with Crippen LogP contribution in [0.5, 0.6) is 0 Å². The van der Waals surface area contributed by atoms with Crippen molar-refractivity contribution < 1.29 is 13.2 Å². The summed E-state index contributed by atoms with van der Waals surface area (Å²) < 4.78 is 25.1. The maximum absolute atomic E-state index is 12.3. The van der Waals surface area contributed by atoms with Gasteiger partial charge in [0.1, 0.15) is 6.54 Å². The monoisotopic (exact) mass is 380 g/mol. The topological polar surface area (TPSA) is 66.5 Å². The van der Waals surface area contributed by atoms with Crippen LogP contribution in [-0.2, 0) is 14.8 Å². The van der Waals surface area contributed by atoms with E-state index in [9.17, 15) is 13.2 Å². The highest BCUT2D eigenvalue weighted by Crippen LogP contribution is 2.26. The molecule has 0 unspecified atom stereocenters. The number of rotatable bonds is 7. The van der Waals surface area contributed by atoms with Crippen molar-refractivity contribution in [3.05, 3.63) is 65.2 Å². The van der Waals surface area contributed by atoms with Crippen LogP contribution < -0.4 is 9.62 Å². The van der Waals surface area contributed by atoms with Gasteiger partial charge in [0.25, 0.3) is 0 Å². The molecule has 0 aromatic heterocycles. The van der Waals surface area contributed by atoms with Crippen LogP contribution in [0.25, 0.3) is 0 Å². The highest BCUT2D eigenvalue weighted by atomic mass is 35.5. The molecule has 1 N–H and O–H groups in total. The standard InChI is InChI=1S/C18H21ClN2O3S/c1-14(15-8-4-3-5-9-15)12-20-18(22)13-21(25(2,23)24)17-11-7-6-10-16(17)19/h3-11,14H,12-13H2,1-2H3,(H,20,22)/t14-/m1/s1. The molecule has 0 aliphatic carbocycles. The van der Waals surface area contributed by atoms with Gasteiger partial charge in [-0.2, -0.15) is 0 Å². The van der Waals surface area contributed by atoms with E-state index in [1.54, 1.807) is 24.3 Å². The van der Waals surface area contributed by atoms with Gasteiger partial charge in [-0.25, -0.2) is 8.42 Å². The first-order chi connectivity index (χ1) is 11.8. The molecule has 0 spiro atoms. The molecule has 1 atom stereocenters. The van der Waals surface area contributed by atoms with Crippen LogP contribution in [0.15, 0.2) is 54.6 Å². The smallest absolute Gasteiger partial charge is 0.240 e. The lowest BCUT2D eigenvalue weighted by Crippen LogP contribution is -2.41. The molecule has 7 heteroatoms. The van der Waals surface area contributed by atoms with Crippen molar-refractivity contribution in [2.75, 3.05) is 23.7 Å². The summed E-state index contributed by atoms with van der Waals surface area (Å²) in [5, 5.41) is 3.06. The highest BCUT2D eigenvalue weighted by Gasteiger charge is 2.22. The number of anilines is 1. The highest BCUT2D eigenvalue weighted by molar-refractivity contribution is 7.92. The Balaban J connectivity index is 2.05. The van der Waals surface area contributed by atoms with Gasteiger partial charge in [-0.3, -0.25) is 9.10 Å². The third-order valence-corrected chi connectivity index (χ3v) is 5.23. The van der Waals surface area contributed by atoms with Crippen LogP contribution in [0, 0.1) is 0 Å². The quantitative estimate of drug-likeness (QED) is 0.802. The van der Waals surface area contributed by atoms with Gasteiger partial charge >= 0.3 is 0 Å². The van der Waals surface area contributed by atoms with E-state index in [4.69, 9.17) is 11.6 Å². The normalized spacial score (nSPS) is 12.4. The predicted molar refractivity (Wildman–Crippen MR) is 102 cm³/mol. The van der Waals surface area contributed by atoms with E-state index in [1.807, 2.05) is 37.3 Å². The minimum absolute atomic E-state index is 0.122. The van der Waals surface area contributed by atoms with Crippen LogP contribution in [-0.4, -0.2) is 33.7 Å². The lowest BCUT2D eigenvalue weighted by Gasteiger charge is -2.23. The molecule has 0 saturated carbocycles. The fourth-order valence-corrected chi connectivity index (χ4v) is 3.54. The molecule has 2 aromatic carbocycles. The van der Waals surface area contributed by atoms with Crippen molar-refractivity contribution in [3.8, 4) is 0 Å². The number of benzene rings is 2. The van der Waals surface area contributed by atoms with E-state index in [2.05, 4.69) is 5.32 Å². The minimum atomic E-state index is -3.64. The van der Waals surface area contributed by atoms with Gasteiger partial charge in [0.15, 0.2) is 0 Å². The zero-order chi connectivity index (χ0) is 18.4. The number of sulfonamides is 1. The molecule has 25 heavy (non-hydrogen) atoms. The number of hydrogen-bond acceptors (Lipinski definition) is 3. The molecule has 1 amide bonds.